The van der Waals surface area contributed by atoms with Crippen LogP contribution in [0.2, 0.25) is 0 Å². The van der Waals surface area contributed by atoms with Crippen molar-refractivity contribution in [2.45, 2.75) is 70.0 Å². The molecule has 178 valence electrons. The van der Waals surface area contributed by atoms with E-state index < -0.39 is 6.04 Å². The molecule has 3 N–H and O–H groups in total. The summed E-state index contributed by atoms with van der Waals surface area (Å²) < 4.78 is 0. The number of benzene rings is 1. The number of rotatable bonds is 6. The average Bonchev–Trinajstić information content (AvgIpc) is 3.53. The van der Waals surface area contributed by atoms with Gasteiger partial charge in [0.2, 0.25) is 11.8 Å². The van der Waals surface area contributed by atoms with Gasteiger partial charge in [0.25, 0.3) is 0 Å². The van der Waals surface area contributed by atoms with Crippen molar-refractivity contribution in [1.29, 1.82) is 0 Å². The maximum Gasteiger partial charge on any atom is 0.248 e. The van der Waals surface area contributed by atoms with Crippen LogP contribution >= 0.6 is 0 Å². The second-order valence-corrected chi connectivity index (χ2v) is 9.59. The van der Waals surface area contributed by atoms with Crippen LogP contribution in [0.1, 0.15) is 62.1 Å². The number of aromatic amines is 1. The van der Waals surface area contributed by atoms with Crippen molar-refractivity contribution in [1.82, 2.24) is 20.6 Å². The molecule has 1 aliphatic carbocycles. The van der Waals surface area contributed by atoms with E-state index in [-0.39, 0.29) is 23.9 Å². The number of anilines is 1. The molecule has 7 nitrogen and oxygen atoms in total. The Bertz CT molecular complexity index is 1150. The minimum absolute atomic E-state index is 0.0761. The molecule has 0 bridgehead atoms. The molecule has 0 spiro atoms. The zero-order valence-electron chi connectivity index (χ0n) is 19.7. The van der Waals surface area contributed by atoms with Gasteiger partial charge in [0, 0.05) is 46.8 Å². The van der Waals surface area contributed by atoms with Crippen LogP contribution in [0.25, 0.3) is 10.9 Å². The third-order valence-corrected chi connectivity index (χ3v) is 7.20. The minimum Gasteiger partial charge on any atom is -0.361 e. The maximum atomic E-state index is 14.0. The largest absolute Gasteiger partial charge is 0.361 e. The number of aryl methyl sites for hydroxylation is 1. The van der Waals surface area contributed by atoms with Crippen LogP contribution in [0.4, 0.5) is 5.69 Å². The summed E-state index contributed by atoms with van der Waals surface area (Å²) in [7, 11) is 0. The molecule has 1 saturated carbocycles. The van der Waals surface area contributed by atoms with E-state index in [1.54, 1.807) is 17.3 Å². The molecule has 1 aliphatic heterocycles. The Balaban J connectivity index is 1.57. The molecule has 2 amide bonds. The molecule has 34 heavy (non-hydrogen) atoms. The van der Waals surface area contributed by atoms with E-state index in [1.807, 2.05) is 36.5 Å². The number of carbonyl (C=O) groups excluding carboxylic acids is 2. The third-order valence-electron chi connectivity index (χ3n) is 7.20. The van der Waals surface area contributed by atoms with Crippen molar-refractivity contribution in [3.63, 3.8) is 0 Å². The standard InChI is InChI=1S/C27H33N5O2/c1-18-16-30-24-15-21(11-12-22(18)24)32(27(34)23-10-6-14-29-23)25(19-7-5-13-28-17-19)26(33)31-20-8-3-2-4-9-20/h5,7,11-13,15-17,20,23,25,29-30H,2-4,6,8-10,14H2,1H3,(H,31,33). The molecule has 2 atom stereocenters. The molecular weight excluding hydrogens is 426 g/mol. The molecule has 2 unspecified atom stereocenters. The van der Waals surface area contributed by atoms with Crippen LogP contribution in [-0.2, 0) is 9.59 Å². The second kappa shape index (κ2) is 9.97. The summed E-state index contributed by atoms with van der Waals surface area (Å²) in [5.41, 5.74) is 3.52. The van der Waals surface area contributed by atoms with Gasteiger partial charge in [-0.3, -0.25) is 19.5 Å². The molecule has 3 heterocycles. The smallest absolute Gasteiger partial charge is 0.248 e. The lowest BCUT2D eigenvalue weighted by Gasteiger charge is -2.34. The van der Waals surface area contributed by atoms with E-state index in [9.17, 15) is 9.59 Å². The molecule has 2 aliphatic rings. The van der Waals surface area contributed by atoms with E-state index in [0.29, 0.717) is 11.3 Å². The molecule has 2 fully saturated rings. The Kier molecular flexibility index (Phi) is 6.63. The number of pyridine rings is 1. The Labute approximate surface area is 200 Å². The predicted octanol–water partition coefficient (Wildman–Crippen LogP) is 4.15. The van der Waals surface area contributed by atoms with Crippen molar-refractivity contribution in [2.75, 3.05) is 11.4 Å². The predicted molar refractivity (Wildman–Crippen MR) is 134 cm³/mol. The number of nitrogens with zero attached hydrogens (tertiary/aromatic N) is 2. The van der Waals surface area contributed by atoms with Gasteiger partial charge >= 0.3 is 0 Å². The SMILES string of the molecule is Cc1c[nH]c2cc(N(C(=O)C3CCCN3)C(C(=O)NC3CCCCC3)c3cccnc3)ccc12. The number of hydrogen-bond acceptors (Lipinski definition) is 4. The first kappa shape index (κ1) is 22.6. The monoisotopic (exact) mass is 459 g/mol. The van der Waals surface area contributed by atoms with E-state index in [4.69, 9.17) is 0 Å². The van der Waals surface area contributed by atoms with Crippen molar-refractivity contribution in [2.24, 2.45) is 0 Å². The van der Waals surface area contributed by atoms with Crippen molar-refractivity contribution in [3.8, 4) is 0 Å². The van der Waals surface area contributed by atoms with Crippen LogP contribution in [0.15, 0.2) is 48.9 Å². The molecule has 1 aromatic carbocycles. The maximum absolute atomic E-state index is 14.0. The van der Waals surface area contributed by atoms with Gasteiger partial charge in [-0.15, -0.1) is 0 Å². The van der Waals surface area contributed by atoms with E-state index in [2.05, 4.69) is 27.5 Å². The fourth-order valence-corrected chi connectivity index (χ4v) is 5.36. The summed E-state index contributed by atoms with van der Waals surface area (Å²) in [4.78, 5) is 37.1. The summed E-state index contributed by atoms with van der Waals surface area (Å²) in [6.45, 7) is 2.87. The number of amides is 2. The van der Waals surface area contributed by atoms with Gasteiger partial charge in [0.05, 0.1) is 6.04 Å². The molecule has 3 aromatic rings. The van der Waals surface area contributed by atoms with Gasteiger partial charge in [-0.2, -0.15) is 0 Å². The highest BCUT2D eigenvalue weighted by molar-refractivity contribution is 6.05. The molecule has 1 saturated heterocycles. The van der Waals surface area contributed by atoms with Crippen LogP contribution < -0.4 is 15.5 Å². The van der Waals surface area contributed by atoms with Gasteiger partial charge in [-0.1, -0.05) is 31.4 Å². The summed E-state index contributed by atoms with van der Waals surface area (Å²) in [5, 5.41) is 7.70. The van der Waals surface area contributed by atoms with Gasteiger partial charge in [0.15, 0.2) is 0 Å². The average molecular weight is 460 g/mol. The Morgan fingerprint density at radius 2 is 1.97 bits per heavy atom. The first-order valence-electron chi connectivity index (χ1n) is 12.5. The molecule has 7 heteroatoms. The number of nitrogens with one attached hydrogen (secondary N) is 3. The number of fused-ring (bicyclic) bond motifs is 1. The van der Waals surface area contributed by atoms with E-state index >= 15 is 0 Å². The first-order chi connectivity index (χ1) is 16.6. The zero-order chi connectivity index (χ0) is 23.5. The number of carbonyl (C=O) groups is 2. The topological polar surface area (TPSA) is 90.1 Å². The molecule has 0 radical (unpaired) electrons. The van der Waals surface area contributed by atoms with Gasteiger partial charge < -0.3 is 15.6 Å². The quantitative estimate of drug-likeness (QED) is 0.517. The summed E-state index contributed by atoms with van der Waals surface area (Å²) >= 11 is 0. The van der Waals surface area contributed by atoms with Crippen LogP contribution in [0.3, 0.4) is 0 Å². The molecule has 2 aromatic heterocycles. The molecule has 5 rings (SSSR count). The van der Waals surface area contributed by atoms with Gasteiger partial charge in [-0.05, 0) is 62.9 Å². The van der Waals surface area contributed by atoms with Gasteiger partial charge in [0.1, 0.15) is 6.04 Å². The summed E-state index contributed by atoms with van der Waals surface area (Å²) in [5.74, 6) is -0.221. The fraction of sp³-hybridized carbons (Fsp3) is 0.444. The Hall–Kier alpha value is -3.19. The Morgan fingerprint density at radius 3 is 2.71 bits per heavy atom. The number of H-pyrrole nitrogens is 1. The van der Waals surface area contributed by atoms with Crippen LogP contribution in [0.5, 0.6) is 0 Å². The summed E-state index contributed by atoms with van der Waals surface area (Å²) in [6.07, 6.45) is 12.5. The fourth-order valence-electron chi connectivity index (χ4n) is 5.36. The lowest BCUT2D eigenvalue weighted by atomic mass is 9.94. The molecular formula is C27H33N5O2. The van der Waals surface area contributed by atoms with Crippen LogP contribution in [0, 0.1) is 6.92 Å². The lowest BCUT2D eigenvalue weighted by Crippen LogP contribution is -2.51. The van der Waals surface area contributed by atoms with Gasteiger partial charge in [-0.25, -0.2) is 0 Å². The highest BCUT2D eigenvalue weighted by Crippen LogP contribution is 2.33. The normalized spacial score (nSPS) is 19.7. The number of hydrogen-bond donors (Lipinski definition) is 3. The minimum atomic E-state index is -0.793. The summed E-state index contributed by atoms with van der Waals surface area (Å²) in [6, 6.07) is 8.72. The lowest BCUT2D eigenvalue weighted by molar-refractivity contribution is -0.128. The third kappa shape index (κ3) is 4.57. The first-order valence-corrected chi connectivity index (χ1v) is 12.5. The highest BCUT2D eigenvalue weighted by Gasteiger charge is 2.38. The number of aromatic nitrogens is 2. The zero-order valence-corrected chi connectivity index (χ0v) is 19.7. The van der Waals surface area contributed by atoms with Crippen molar-refractivity contribution >= 4 is 28.4 Å². The van der Waals surface area contributed by atoms with E-state index in [1.165, 1.54) is 6.42 Å². The van der Waals surface area contributed by atoms with Crippen molar-refractivity contribution < 1.29 is 9.59 Å². The van der Waals surface area contributed by atoms with E-state index in [0.717, 1.165) is 61.5 Å². The Morgan fingerprint density at radius 1 is 1.12 bits per heavy atom. The second-order valence-electron chi connectivity index (χ2n) is 9.59. The highest BCUT2D eigenvalue weighted by atomic mass is 16.2. The van der Waals surface area contributed by atoms with Crippen LogP contribution in [-0.4, -0.2) is 40.4 Å². The van der Waals surface area contributed by atoms with Crippen molar-refractivity contribution in [3.05, 3.63) is 60.0 Å².